The number of nitrogens with zero attached hydrogens (tertiary/aromatic N) is 3. The zero-order chi connectivity index (χ0) is 26.1. The van der Waals surface area contributed by atoms with Crippen LogP contribution in [0.25, 0.3) is 27.5 Å². The molecule has 0 spiro atoms. The monoisotopic (exact) mass is 521 g/mol. The van der Waals surface area contributed by atoms with E-state index in [1.807, 2.05) is 30.3 Å². The van der Waals surface area contributed by atoms with Crippen LogP contribution in [0.15, 0.2) is 95.4 Å². The Labute approximate surface area is 225 Å². The highest BCUT2D eigenvalue weighted by Gasteiger charge is 2.19. The van der Waals surface area contributed by atoms with E-state index >= 15 is 0 Å². The van der Waals surface area contributed by atoms with Crippen LogP contribution in [0.4, 0.5) is 4.39 Å². The number of rotatable bonds is 7. The average molecular weight is 522 g/mol. The molecule has 7 heteroatoms. The van der Waals surface area contributed by atoms with Crippen molar-refractivity contribution in [3.05, 3.63) is 119 Å². The van der Waals surface area contributed by atoms with Crippen molar-refractivity contribution in [1.29, 1.82) is 0 Å². The van der Waals surface area contributed by atoms with E-state index in [0.29, 0.717) is 6.54 Å². The third kappa shape index (κ3) is 4.77. The van der Waals surface area contributed by atoms with Gasteiger partial charge in [0.05, 0.1) is 28.8 Å². The number of benzene rings is 3. The summed E-state index contributed by atoms with van der Waals surface area (Å²) in [4.78, 5) is 5.03. The lowest BCUT2D eigenvalue weighted by atomic mass is 10.0. The van der Waals surface area contributed by atoms with Gasteiger partial charge in [0, 0.05) is 22.8 Å². The minimum absolute atomic E-state index is 0.0487. The van der Waals surface area contributed by atoms with Gasteiger partial charge in [-0.15, -0.1) is 0 Å². The first-order valence-corrected chi connectivity index (χ1v) is 13.6. The molecule has 3 heterocycles. The summed E-state index contributed by atoms with van der Waals surface area (Å²) in [6.07, 6.45) is 1.79. The summed E-state index contributed by atoms with van der Waals surface area (Å²) in [6, 6.07) is 27.5. The number of fused-ring (bicyclic) bond motifs is 3. The minimum Gasteiger partial charge on any atom is -0.355 e. The molecule has 0 bridgehead atoms. The molecule has 0 saturated heterocycles. The van der Waals surface area contributed by atoms with Crippen LogP contribution in [0.2, 0.25) is 0 Å². The summed E-state index contributed by atoms with van der Waals surface area (Å²) < 4.78 is 15.8. The van der Waals surface area contributed by atoms with E-state index < -0.39 is 0 Å². The second kappa shape index (κ2) is 10.3. The van der Waals surface area contributed by atoms with Gasteiger partial charge in [0.25, 0.3) is 0 Å². The predicted molar refractivity (Wildman–Crippen MR) is 156 cm³/mol. The Morgan fingerprint density at radius 1 is 1.03 bits per heavy atom. The zero-order valence-corrected chi connectivity index (χ0v) is 22.0. The van der Waals surface area contributed by atoms with Gasteiger partial charge < -0.3 is 9.88 Å². The molecule has 0 amide bonds. The summed E-state index contributed by atoms with van der Waals surface area (Å²) in [5, 5.41) is 12.4. The standard InChI is InChI=1S/C31H28FN5S/c1-20(2)29-30-26(25-10-6-7-11-28(25)37(30)18-21-12-14-23(32)15-13-21)16-24(34-29)17-33-36-31-35-27(19-38-31)22-8-4-3-5-9-22/h3-17,19-20,31,35-36H,18H2,1-2H3/b33-17+. The van der Waals surface area contributed by atoms with Crippen molar-refractivity contribution in [3.63, 3.8) is 0 Å². The maximum absolute atomic E-state index is 13.5. The summed E-state index contributed by atoms with van der Waals surface area (Å²) in [5.74, 6) is -0.0175. The van der Waals surface area contributed by atoms with Gasteiger partial charge in [0.2, 0.25) is 0 Å². The van der Waals surface area contributed by atoms with Crippen molar-refractivity contribution in [2.45, 2.75) is 31.8 Å². The van der Waals surface area contributed by atoms with Crippen molar-refractivity contribution in [1.82, 2.24) is 20.3 Å². The van der Waals surface area contributed by atoms with Gasteiger partial charge in [-0.2, -0.15) is 5.10 Å². The van der Waals surface area contributed by atoms with Crippen molar-refractivity contribution in [2.24, 2.45) is 5.10 Å². The summed E-state index contributed by atoms with van der Waals surface area (Å²) in [5.41, 5.74) is 10.5. The number of hydrogen-bond acceptors (Lipinski definition) is 5. The van der Waals surface area contributed by atoms with Crippen LogP contribution < -0.4 is 10.7 Å². The van der Waals surface area contributed by atoms with Gasteiger partial charge in [-0.1, -0.05) is 86.3 Å². The Bertz CT molecular complexity index is 1660. The van der Waals surface area contributed by atoms with Crippen LogP contribution in [-0.2, 0) is 6.54 Å². The first kappa shape index (κ1) is 24.2. The number of nitrogens with one attached hydrogen (secondary N) is 2. The number of hydrogen-bond donors (Lipinski definition) is 2. The maximum atomic E-state index is 13.5. The van der Waals surface area contributed by atoms with E-state index in [2.05, 4.69) is 82.1 Å². The lowest BCUT2D eigenvalue weighted by molar-refractivity contribution is 0.626. The van der Waals surface area contributed by atoms with Gasteiger partial charge in [0.15, 0.2) is 5.50 Å². The van der Waals surface area contributed by atoms with E-state index in [1.54, 1.807) is 18.0 Å². The highest BCUT2D eigenvalue weighted by molar-refractivity contribution is 8.03. The molecule has 5 nitrogen and oxygen atoms in total. The Morgan fingerprint density at radius 2 is 1.79 bits per heavy atom. The smallest absolute Gasteiger partial charge is 0.165 e. The Kier molecular flexibility index (Phi) is 6.60. The highest BCUT2D eigenvalue weighted by Crippen LogP contribution is 2.34. The Morgan fingerprint density at radius 3 is 2.58 bits per heavy atom. The molecule has 0 fully saturated rings. The number of aromatic nitrogens is 2. The molecule has 1 unspecified atom stereocenters. The van der Waals surface area contributed by atoms with Crippen molar-refractivity contribution in [3.8, 4) is 0 Å². The van der Waals surface area contributed by atoms with Crippen LogP contribution >= 0.6 is 11.8 Å². The molecular weight excluding hydrogens is 493 g/mol. The van der Waals surface area contributed by atoms with Crippen molar-refractivity contribution >= 4 is 45.5 Å². The fraction of sp³-hybridized carbons (Fsp3) is 0.161. The minimum atomic E-state index is -0.226. The molecular formula is C31H28FN5S. The number of hydrazone groups is 1. The second-order valence-corrected chi connectivity index (χ2v) is 10.6. The topological polar surface area (TPSA) is 54.2 Å². The Hall–Kier alpha value is -4.10. The molecule has 0 radical (unpaired) electrons. The normalized spacial score (nSPS) is 15.5. The zero-order valence-electron chi connectivity index (χ0n) is 21.2. The van der Waals surface area contributed by atoms with Crippen molar-refractivity contribution in [2.75, 3.05) is 0 Å². The second-order valence-electron chi connectivity index (χ2n) is 9.66. The predicted octanol–water partition coefficient (Wildman–Crippen LogP) is 7.04. The van der Waals surface area contributed by atoms with Crippen LogP contribution in [0.5, 0.6) is 0 Å². The molecule has 1 atom stereocenters. The molecule has 5 aromatic rings. The molecule has 1 aliphatic heterocycles. The largest absolute Gasteiger partial charge is 0.355 e. The van der Waals surface area contributed by atoms with Crippen LogP contribution in [0, 0.1) is 5.82 Å². The number of thioether (sulfide) groups is 1. The molecule has 0 aliphatic carbocycles. The van der Waals surface area contributed by atoms with Gasteiger partial charge in [-0.3, -0.25) is 5.43 Å². The third-order valence-corrected chi connectivity index (χ3v) is 7.54. The maximum Gasteiger partial charge on any atom is 0.165 e. The quantitative estimate of drug-likeness (QED) is 0.178. The highest BCUT2D eigenvalue weighted by atomic mass is 32.2. The van der Waals surface area contributed by atoms with Gasteiger partial charge in [0.1, 0.15) is 5.82 Å². The Balaban J connectivity index is 1.31. The fourth-order valence-corrected chi connectivity index (χ4v) is 5.67. The molecule has 38 heavy (non-hydrogen) atoms. The van der Waals surface area contributed by atoms with E-state index in [-0.39, 0.29) is 17.2 Å². The summed E-state index contributed by atoms with van der Waals surface area (Å²) >= 11 is 1.65. The van der Waals surface area contributed by atoms with E-state index in [9.17, 15) is 4.39 Å². The van der Waals surface area contributed by atoms with Crippen LogP contribution in [0.3, 0.4) is 0 Å². The van der Waals surface area contributed by atoms with E-state index in [0.717, 1.165) is 44.6 Å². The summed E-state index contributed by atoms with van der Waals surface area (Å²) in [7, 11) is 0. The first-order chi connectivity index (χ1) is 18.6. The molecule has 190 valence electrons. The van der Waals surface area contributed by atoms with Gasteiger partial charge >= 0.3 is 0 Å². The van der Waals surface area contributed by atoms with E-state index in [1.165, 1.54) is 17.5 Å². The number of para-hydroxylation sites is 1. The molecule has 2 N–H and O–H groups in total. The van der Waals surface area contributed by atoms with Gasteiger partial charge in [-0.25, -0.2) is 9.37 Å². The number of halogens is 1. The molecule has 2 aromatic heterocycles. The van der Waals surface area contributed by atoms with Crippen molar-refractivity contribution < 1.29 is 4.39 Å². The fourth-order valence-electron chi connectivity index (χ4n) is 4.88. The lowest BCUT2D eigenvalue weighted by Gasteiger charge is -2.14. The van der Waals surface area contributed by atoms with Crippen LogP contribution in [0.1, 0.15) is 42.3 Å². The third-order valence-electron chi connectivity index (χ3n) is 6.68. The first-order valence-electron chi connectivity index (χ1n) is 12.7. The molecule has 0 saturated carbocycles. The summed E-state index contributed by atoms with van der Waals surface area (Å²) in [6.45, 7) is 4.97. The molecule has 6 rings (SSSR count). The number of pyridine rings is 1. The average Bonchev–Trinajstić information content (AvgIpc) is 3.53. The van der Waals surface area contributed by atoms with Gasteiger partial charge in [-0.05, 0) is 46.7 Å². The molecule has 3 aromatic carbocycles. The lowest BCUT2D eigenvalue weighted by Crippen LogP contribution is -2.31. The van der Waals surface area contributed by atoms with Crippen LogP contribution in [-0.4, -0.2) is 21.3 Å². The molecule has 1 aliphatic rings. The van der Waals surface area contributed by atoms with E-state index in [4.69, 9.17) is 4.98 Å². The SMILES string of the molecule is CC(C)c1nc(/C=N/NC2NC(c3ccccc3)=CS2)cc2c3ccccc3n(Cc3ccc(F)cc3)c12.